The van der Waals surface area contributed by atoms with Crippen LogP contribution in [0.3, 0.4) is 0 Å². The third-order valence-electron chi connectivity index (χ3n) is 3.39. The summed E-state index contributed by atoms with van der Waals surface area (Å²) in [7, 11) is 0. The van der Waals surface area contributed by atoms with E-state index in [0.717, 1.165) is 11.3 Å². The number of hydrogen-bond donors (Lipinski definition) is 2. The van der Waals surface area contributed by atoms with Crippen LogP contribution < -0.4 is 10.7 Å². The van der Waals surface area contributed by atoms with Crippen molar-refractivity contribution in [3.8, 4) is 0 Å². The number of nitrogens with zero attached hydrogens (tertiary/aromatic N) is 3. The summed E-state index contributed by atoms with van der Waals surface area (Å²) in [6, 6.07) is 13.7. The lowest BCUT2D eigenvalue weighted by atomic mass is 10.2. The van der Waals surface area contributed by atoms with Gasteiger partial charge in [0.05, 0.1) is 17.7 Å². The van der Waals surface area contributed by atoms with Crippen LogP contribution in [0.25, 0.3) is 0 Å². The van der Waals surface area contributed by atoms with Gasteiger partial charge in [0.2, 0.25) is 11.0 Å². The molecule has 3 rings (SSSR count). The molecule has 0 spiro atoms. The predicted molar refractivity (Wildman–Crippen MR) is 110 cm³/mol. The second-order valence-electron chi connectivity index (χ2n) is 5.46. The van der Waals surface area contributed by atoms with Crippen molar-refractivity contribution < 1.29 is 9.59 Å². The molecule has 0 radical (unpaired) electrons. The molecule has 0 atom stereocenters. The van der Waals surface area contributed by atoms with Crippen LogP contribution in [-0.2, 0) is 11.2 Å². The average molecular weight is 434 g/mol. The van der Waals surface area contributed by atoms with Crippen molar-refractivity contribution in [2.24, 2.45) is 5.10 Å². The molecule has 3 aromatic rings. The smallest absolute Gasteiger partial charge is 0.257 e. The second kappa shape index (κ2) is 9.41. The van der Waals surface area contributed by atoms with E-state index in [9.17, 15) is 9.59 Å². The van der Waals surface area contributed by atoms with Gasteiger partial charge in [-0.3, -0.25) is 14.9 Å². The fourth-order valence-electron chi connectivity index (χ4n) is 2.09. The van der Waals surface area contributed by atoms with Crippen LogP contribution in [0.5, 0.6) is 0 Å². The van der Waals surface area contributed by atoms with Crippen LogP contribution >= 0.6 is 34.5 Å². The molecule has 0 fully saturated rings. The maximum Gasteiger partial charge on any atom is 0.257 e. The van der Waals surface area contributed by atoms with Crippen molar-refractivity contribution >= 4 is 57.7 Å². The van der Waals surface area contributed by atoms with Gasteiger partial charge in [-0.15, -0.1) is 10.2 Å². The Hall–Kier alpha value is -2.81. The van der Waals surface area contributed by atoms with Gasteiger partial charge in [0.25, 0.3) is 5.91 Å². The summed E-state index contributed by atoms with van der Waals surface area (Å²) < 4.78 is 0. The highest BCUT2D eigenvalue weighted by Crippen LogP contribution is 2.19. The molecule has 2 amide bonds. The normalized spacial score (nSPS) is 10.8. The SMILES string of the molecule is O=C(Cc1nnc(NC(=O)c2ccccc2)s1)NN=Cc1ccc(Cl)cc1Cl. The highest BCUT2D eigenvalue weighted by atomic mass is 35.5. The summed E-state index contributed by atoms with van der Waals surface area (Å²) in [6.45, 7) is 0. The van der Waals surface area contributed by atoms with Crippen LogP contribution in [-0.4, -0.2) is 28.2 Å². The van der Waals surface area contributed by atoms with Crippen LogP contribution in [0.1, 0.15) is 20.9 Å². The Balaban J connectivity index is 1.52. The number of benzene rings is 2. The first kappa shape index (κ1) is 19.9. The van der Waals surface area contributed by atoms with Crippen molar-refractivity contribution in [2.45, 2.75) is 6.42 Å². The van der Waals surface area contributed by atoms with Gasteiger partial charge in [0, 0.05) is 16.1 Å². The maximum absolute atomic E-state index is 12.1. The summed E-state index contributed by atoms with van der Waals surface area (Å²) in [6.07, 6.45) is 1.40. The van der Waals surface area contributed by atoms with Crippen molar-refractivity contribution in [1.29, 1.82) is 0 Å². The number of anilines is 1. The average Bonchev–Trinajstić information content (AvgIpc) is 3.11. The third kappa shape index (κ3) is 5.59. The topological polar surface area (TPSA) is 96.3 Å². The van der Waals surface area contributed by atoms with E-state index < -0.39 is 0 Å². The van der Waals surface area contributed by atoms with Crippen LogP contribution in [0.2, 0.25) is 10.0 Å². The summed E-state index contributed by atoms with van der Waals surface area (Å²) in [4.78, 5) is 24.0. The Kier molecular flexibility index (Phi) is 6.70. The van der Waals surface area contributed by atoms with E-state index in [-0.39, 0.29) is 18.2 Å². The van der Waals surface area contributed by atoms with E-state index >= 15 is 0 Å². The van der Waals surface area contributed by atoms with Crippen molar-refractivity contribution in [1.82, 2.24) is 15.6 Å². The number of halogens is 2. The molecule has 0 aliphatic rings. The van der Waals surface area contributed by atoms with E-state index in [2.05, 4.69) is 26.0 Å². The Morgan fingerprint density at radius 1 is 1.11 bits per heavy atom. The minimum absolute atomic E-state index is 0.0232. The Morgan fingerprint density at radius 3 is 2.64 bits per heavy atom. The predicted octanol–water partition coefficient (Wildman–Crippen LogP) is 3.79. The number of carbonyl (C=O) groups is 2. The molecule has 10 heteroatoms. The number of hydrazone groups is 1. The van der Waals surface area contributed by atoms with Crippen molar-refractivity contribution in [3.63, 3.8) is 0 Å². The van der Waals surface area contributed by atoms with Gasteiger partial charge in [-0.25, -0.2) is 5.43 Å². The largest absolute Gasteiger partial charge is 0.296 e. The standard InChI is InChI=1S/C18H13Cl2N5O2S/c19-13-7-6-12(14(20)8-13)10-21-23-15(26)9-16-24-25-18(28-16)22-17(27)11-4-2-1-3-5-11/h1-8,10H,9H2,(H,23,26)(H,22,25,27). The van der Waals surface area contributed by atoms with Gasteiger partial charge in [0.1, 0.15) is 5.01 Å². The second-order valence-corrected chi connectivity index (χ2v) is 7.36. The minimum Gasteiger partial charge on any atom is -0.296 e. The van der Waals surface area contributed by atoms with Gasteiger partial charge in [-0.05, 0) is 24.3 Å². The third-order valence-corrected chi connectivity index (χ3v) is 4.79. The lowest BCUT2D eigenvalue weighted by molar-refractivity contribution is -0.120. The van der Waals surface area contributed by atoms with E-state index in [4.69, 9.17) is 23.2 Å². The Morgan fingerprint density at radius 2 is 1.89 bits per heavy atom. The van der Waals surface area contributed by atoms with Crippen LogP contribution in [0, 0.1) is 0 Å². The monoisotopic (exact) mass is 433 g/mol. The molecule has 0 unspecified atom stereocenters. The van der Waals surface area contributed by atoms with Gasteiger partial charge >= 0.3 is 0 Å². The summed E-state index contributed by atoms with van der Waals surface area (Å²) in [5.74, 6) is -0.671. The zero-order valence-corrected chi connectivity index (χ0v) is 16.6. The molecular weight excluding hydrogens is 421 g/mol. The fourth-order valence-corrected chi connectivity index (χ4v) is 3.28. The molecule has 1 heterocycles. The zero-order chi connectivity index (χ0) is 19.9. The van der Waals surface area contributed by atoms with Gasteiger partial charge < -0.3 is 0 Å². The van der Waals surface area contributed by atoms with Gasteiger partial charge in [-0.1, -0.05) is 58.8 Å². The highest BCUT2D eigenvalue weighted by molar-refractivity contribution is 7.15. The summed E-state index contributed by atoms with van der Waals surface area (Å²) in [5.41, 5.74) is 3.51. The lowest BCUT2D eigenvalue weighted by Crippen LogP contribution is -2.19. The Bertz CT molecular complexity index is 1020. The van der Waals surface area contributed by atoms with Gasteiger partial charge in [-0.2, -0.15) is 5.10 Å². The van der Waals surface area contributed by atoms with Crippen molar-refractivity contribution in [2.75, 3.05) is 5.32 Å². The first-order valence-corrected chi connectivity index (χ1v) is 9.54. The lowest BCUT2D eigenvalue weighted by Gasteiger charge is -2.00. The summed E-state index contributed by atoms with van der Waals surface area (Å²) >= 11 is 13.0. The fraction of sp³-hybridized carbons (Fsp3) is 0.0556. The number of carbonyl (C=O) groups excluding carboxylic acids is 2. The summed E-state index contributed by atoms with van der Waals surface area (Å²) in [5, 5.41) is 16.0. The molecule has 0 saturated heterocycles. The van der Waals surface area contributed by atoms with E-state index in [1.54, 1.807) is 42.5 Å². The first-order valence-electron chi connectivity index (χ1n) is 7.97. The molecule has 1 aromatic heterocycles. The van der Waals surface area contributed by atoms with E-state index in [1.807, 2.05) is 6.07 Å². The molecular formula is C18H13Cl2N5O2S. The highest BCUT2D eigenvalue weighted by Gasteiger charge is 2.12. The molecule has 2 N–H and O–H groups in total. The quantitative estimate of drug-likeness (QED) is 0.456. The Labute approximate surface area is 174 Å². The van der Waals surface area contributed by atoms with Crippen molar-refractivity contribution in [3.05, 3.63) is 74.7 Å². The van der Waals surface area contributed by atoms with Crippen LogP contribution in [0.15, 0.2) is 53.6 Å². The first-order chi connectivity index (χ1) is 13.5. The number of hydrogen-bond acceptors (Lipinski definition) is 6. The van der Waals surface area contributed by atoms with Gasteiger partial charge in [0.15, 0.2) is 0 Å². The maximum atomic E-state index is 12.1. The molecule has 0 aliphatic carbocycles. The zero-order valence-electron chi connectivity index (χ0n) is 14.2. The minimum atomic E-state index is -0.376. The molecule has 2 aromatic carbocycles. The number of nitrogens with one attached hydrogen (secondary N) is 2. The molecule has 0 aliphatic heterocycles. The van der Waals surface area contributed by atoms with E-state index in [0.29, 0.717) is 31.3 Å². The number of aromatic nitrogens is 2. The molecule has 0 saturated carbocycles. The molecule has 28 heavy (non-hydrogen) atoms. The molecule has 142 valence electrons. The molecule has 0 bridgehead atoms. The van der Waals surface area contributed by atoms with Crippen LogP contribution in [0.4, 0.5) is 5.13 Å². The number of rotatable bonds is 6. The molecule has 7 nitrogen and oxygen atoms in total. The number of amides is 2. The van der Waals surface area contributed by atoms with E-state index in [1.165, 1.54) is 6.21 Å².